The number of rotatable bonds is 9. The summed E-state index contributed by atoms with van der Waals surface area (Å²) in [4.78, 5) is 22.9. The van der Waals surface area contributed by atoms with Crippen LogP contribution < -0.4 is 11.1 Å². The fourth-order valence-corrected chi connectivity index (χ4v) is 1.79. The van der Waals surface area contributed by atoms with Gasteiger partial charge in [0.2, 0.25) is 5.91 Å². The van der Waals surface area contributed by atoms with E-state index in [0.29, 0.717) is 19.3 Å². The number of hydrogen-bond donors (Lipinski definition) is 3. The van der Waals surface area contributed by atoms with Crippen molar-refractivity contribution in [2.45, 2.75) is 70.1 Å². The monoisotopic (exact) mass is 312 g/mol. The first-order valence-electron chi connectivity index (χ1n) is 6.99. The highest BCUT2D eigenvalue weighted by atomic mass is 19.4. The molecule has 0 fully saturated rings. The maximum absolute atomic E-state index is 13.0. The molecule has 0 bridgehead atoms. The van der Waals surface area contributed by atoms with Gasteiger partial charge in [0.15, 0.2) is 5.54 Å². The minimum Gasteiger partial charge on any atom is -0.480 e. The summed E-state index contributed by atoms with van der Waals surface area (Å²) in [6.45, 7) is 3.49. The predicted molar refractivity (Wildman–Crippen MR) is 71.6 cm³/mol. The lowest BCUT2D eigenvalue weighted by Gasteiger charge is -2.31. The second-order valence-electron chi connectivity index (χ2n) is 5.08. The molecular weight excluding hydrogens is 289 g/mol. The zero-order chi connectivity index (χ0) is 16.7. The van der Waals surface area contributed by atoms with E-state index in [1.807, 2.05) is 12.2 Å². The maximum atomic E-state index is 13.0. The molecule has 0 aromatic carbocycles. The third-order valence-corrected chi connectivity index (χ3v) is 3.29. The van der Waals surface area contributed by atoms with Gasteiger partial charge in [-0.3, -0.25) is 4.79 Å². The largest absolute Gasteiger partial charge is 0.480 e. The smallest absolute Gasteiger partial charge is 0.415 e. The van der Waals surface area contributed by atoms with Crippen molar-refractivity contribution >= 4 is 11.9 Å². The number of nitrogens with one attached hydrogen (secondary N) is 1. The van der Waals surface area contributed by atoms with Crippen molar-refractivity contribution in [3.63, 3.8) is 0 Å². The molecule has 0 aliphatic rings. The van der Waals surface area contributed by atoms with Gasteiger partial charge in [0.05, 0.1) is 0 Å². The molecular formula is C13H23F3N2O3. The fraction of sp³-hybridized carbons (Fsp3) is 0.846. The third-order valence-electron chi connectivity index (χ3n) is 3.29. The van der Waals surface area contributed by atoms with Crippen LogP contribution in [0.3, 0.4) is 0 Å². The van der Waals surface area contributed by atoms with E-state index in [9.17, 15) is 22.8 Å². The van der Waals surface area contributed by atoms with E-state index >= 15 is 0 Å². The van der Waals surface area contributed by atoms with Crippen molar-refractivity contribution in [3.8, 4) is 0 Å². The van der Waals surface area contributed by atoms with Gasteiger partial charge in [-0.1, -0.05) is 39.5 Å². The first-order valence-corrected chi connectivity index (χ1v) is 6.99. The molecule has 0 saturated heterocycles. The van der Waals surface area contributed by atoms with Crippen LogP contribution in [0.25, 0.3) is 0 Å². The molecule has 124 valence electrons. The summed E-state index contributed by atoms with van der Waals surface area (Å²) in [5.41, 5.74) is 2.20. The van der Waals surface area contributed by atoms with Crippen molar-refractivity contribution in [2.24, 2.45) is 5.73 Å². The van der Waals surface area contributed by atoms with Crippen LogP contribution in [-0.2, 0) is 9.59 Å². The van der Waals surface area contributed by atoms with Crippen LogP contribution in [0.5, 0.6) is 0 Å². The van der Waals surface area contributed by atoms with Gasteiger partial charge in [0, 0.05) is 0 Å². The summed E-state index contributed by atoms with van der Waals surface area (Å²) in [6, 6.07) is -1.36. The van der Waals surface area contributed by atoms with Gasteiger partial charge in [-0.2, -0.15) is 13.2 Å². The lowest BCUT2D eigenvalue weighted by Crippen LogP contribution is -2.65. The van der Waals surface area contributed by atoms with E-state index in [1.54, 1.807) is 6.92 Å². The molecule has 0 radical (unpaired) electrons. The van der Waals surface area contributed by atoms with Gasteiger partial charge in [0.25, 0.3) is 0 Å². The van der Waals surface area contributed by atoms with Gasteiger partial charge >= 0.3 is 12.1 Å². The molecule has 0 aliphatic carbocycles. The van der Waals surface area contributed by atoms with E-state index in [2.05, 4.69) is 0 Å². The Morgan fingerprint density at radius 1 is 1.19 bits per heavy atom. The van der Waals surface area contributed by atoms with Gasteiger partial charge in [-0.05, 0) is 12.8 Å². The number of aliphatic carboxylic acids is 1. The van der Waals surface area contributed by atoms with Crippen molar-refractivity contribution in [2.75, 3.05) is 0 Å². The first kappa shape index (κ1) is 19.7. The summed E-state index contributed by atoms with van der Waals surface area (Å²) in [6.07, 6.45) is -3.72. The summed E-state index contributed by atoms with van der Waals surface area (Å²) in [5.74, 6) is -2.84. The number of amides is 1. The molecule has 0 aromatic heterocycles. The Bertz CT molecular complexity index is 361. The Hall–Kier alpha value is -1.31. The molecule has 4 N–H and O–H groups in total. The minimum atomic E-state index is -4.93. The number of nitrogens with two attached hydrogens (primary N) is 1. The average Bonchev–Trinajstić information content (AvgIpc) is 2.38. The standard InChI is InChI=1S/C13H23F3N2O3/c1-3-5-7-9(10(19)20)18-11(21)12(17,8-6-4-2)13(14,15)16/h9H,3-8,17H2,1-2H3,(H,18,21)(H,19,20)/t9-,12-/m0/s1. The lowest BCUT2D eigenvalue weighted by atomic mass is 9.91. The molecule has 0 spiro atoms. The predicted octanol–water partition coefficient (Wildman–Crippen LogP) is 2.20. The number of carboxylic acids is 1. The highest BCUT2D eigenvalue weighted by Gasteiger charge is 2.57. The van der Waals surface area contributed by atoms with Crippen LogP contribution in [0, 0.1) is 0 Å². The van der Waals surface area contributed by atoms with E-state index in [-0.39, 0.29) is 12.8 Å². The average molecular weight is 312 g/mol. The van der Waals surface area contributed by atoms with Crippen LogP contribution in [0.4, 0.5) is 13.2 Å². The molecule has 0 aliphatic heterocycles. The highest BCUT2D eigenvalue weighted by molar-refractivity contribution is 5.90. The van der Waals surface area contributed by atoms with Gasteiger partial charge in [-0.25, -0.2) is 4.79 Å². The van der Waals surface area contributed by atoms with E-state index in [1.165, 1.54) is 0 Å². The summed E-state index contributed by atoms with van der Waals surface area (Å²) in [5, 5.41) is 10.9. The number of alkyl halides is 3. The van der Waals surface area contributed by atoms with Crippen LogP contribution in [0.15, 0.2) is 0 Å². The van der Waals surface area contributed by atoms with Crippen molar-refractivity contribution in [3.05, 3.63) is 0 Å². The van der Waals surface area contributed by atoms with Crippen molar-refractivity contribution in [1.82, 2.24) is 5.32 Å². The van der Waals surface area contributed by atoms with Gasteiger partial charge < -0.3 is 16.2 Å². The molecule has 1 amide bonds. The molecule has 0 unspecified atom stereocenters. The Morgan fingerprint density at radius 3 is 2.10 bits per heavy atom. The van der Waals surface area contributed by atoms with Crippen LogP contribution >= 0.6 is 0 Å². The quantitative estimate of drug-likeness (QED) is 0.608. The summed E-state index contributed by atoms with van der Waals surface area (Å²) >= 11 is 0. The molecule has 0 saturated carbocycles. The molecule has 0 rings (SSSR count). The second kappa shape index (κ2) is 8.21. The zero-order valence-electron chi connectivity index (χ0n) is 12.3. The highest BCUT2D eigenvalue weighted by Crippen LogP contribution is 2.32. The van der Waals surface area contributed by atoms with Crippen LogP contribution in [0.2, 0.25) is 0 Å². The number of carboxylic acid groups (broad SMARTS) is 1. The molecule has 8 heteroatoms. The van der Waals surface area contributed by atoms with E-state index in [4.69, 9.17) is 10.8 Å². The normalized spacial score (nSPS) is 16.1. The minimum absolute atomic E-state index is 0.0687. The van der Waals surface area contributed by atoms with Crippen LogP contribution in [-0.4, -0.2) is 34.7 Å². The molecule has 0 heterocycles. The molecule has 0 aromatic rings. The number of halogens is 3. The van der Waals surface area contributed by atoms with E-state index < -0.39 is 36.1 Å². The summed E-state index contributed by atoms with van der Waals surface area (Å²) in [7, 11) is 0. The van der Waals surface area contributed by atoms with Crippen molar-refractivity contribution in [1.29, 1.82) is 0 Å². The SMILES string of the molecule is CCCC[C@H](NC(=O)[C@@](N)(CCCC)C(F)(F)F)C(=O)O. The van der Waals surface area contributed by atoms with Gasteiger partial charge in [-0.15, -0.1) is 0 Å². The number of unbranched alkanes of at least 4 members (excludes halogenated alkanes) is 2. The first-order chi connectivity index (χ1) is 9.60. The summed E-state index contributed by atoms with van der Waals surface area (Å²) < 4.78 is 39.1. The number of carbonyl (C=O) groups is 2. The molecule has 2 atom stereocenters. The third kappa shape index (κ3) is 5.53. The Balaban J connectivity index is 5.07. The van der Waals surface area contributed by atoms with Gasteiger partial charge in [0.1, 0.15) is 6.04 Å². The Kier molecular flexibility index (Phi) is 7.70. The molecule has 21 heavy (non-hydrogen) atoms. The lowest BCUT2D eigenvalue weighted by molar-refractivity contribution is -0.194. The molecule has 5 nitrogen and oxygen atoms in total. The number of hydrogen-bond acceptors (Lipinski definition) is 3. The maximum Gasteiger partial charge on any atom is 0.415 e. The zero-order valence-corrected chi connectivity index (χ0v) is 12.3. The van der Waals surface area contributed by atoms with Crippen LogP contribution in [0.1, 0.15) is 52.4 Å². The topological polar surface area (TPSA) is 92.4 Å². The Labute approximate surface area is 122 Å². The number of carbonyl (C=O) groups excluding carboxylic acids is 1. The Morgan fingerprint density at radius 2 is 1.71 bits per heavy atom. The fourth-order valence-electron chi connectivity index (χ4n) is 1.79. The second-order valence-corrected chi connectivity index (χ2v) is 5.08. The van der Waals surface area contributed by atoms with Crippen molar-refractivity contribution < 1.29 is 27.9 Å². The van der Waals surface area contributed by atoms with E-state index in [0.717, 1.165) is 0 Å².